The second kappa shape index (κ2) is 4.21. The summed E-state index contributed by atoms with van der Waals surface area (Å²) in [5.41, 5.74) is 14.7. The minimum atomic E-state index is 0.377. The number of nitrogens with two attached hydrogens (primary N) is 2. The highest BCUT2D eigenvalue weighted by Gasteiger charge is 2.10. The molecule has 2 heterocycles. The maximum atomic E-state index is 5.96. The van der Waals surface area contributed by atoms with Crippen LogP contribution in [0, 0.1) is 0 Å². The van der Waals surface area contributed by atoms with Gasteiger partial charge in [0.1, 0.15) is 5.82 Å². The Balaban J connectivity index is 2.03. The van der Waals surface area contributed by atoms with Gasteiger partial charge >= 0.3 is 0 Å². The van der Waals surface area contributed by atoms with E-state index in [4.69, 9.17) is 11.5 Å². The molecule has 4 N–H and O–H groups in total. The molecule has 102 valence electrons. The molecule has 5 nitrogen and oxygen atoms in total. The van der Waals surface area contributed by atoms with E-state index in [2.05, 4.69) is 28.3 Å². The summed E-state index contributed by atoms with van der Waals surface area (Å²) < 4.78 is 1.63. The average Bonchev–Trinajstić information content (AvgIpc) is 2.90. The number of hydrogen-bond acceptors (Lipinski definition) is 4. The number of hydrogen-bond donors (Lipinski definition) is 2. The van der Waals surface area contributed by atoms with E-state index in [1.807, 2.05) is 30.5 Å². The van der Waals surface area contributed by atoms with Crippen LogP contribution >= 0.6 is 0 Å². The van der Waals surface area contributed by atoms with E-state index < -0.39 is 0 Å². The van der Waals surface area contributed by atoms with Gasteiger partial charge in [0.25, 0.3) is 0 Å². The molecule has 0 atom stereocenters. The molecule has 0 bridgehead atoms. The third-order valence-corrected chi connectivity index (χ3v) is 3.54. The molecule has 2 aromatic heterocycles. The number of benzene rings is 2. The smallest absolute Gasteiger partial charge is 0.177 e. The van der Waals surface area contributed by atoms with Gasteiger partial charge in [-0.25, -0.2) is 9.50 Å². The Labute approximate surface area is 120 Å². The topological polar surface area (TPSA) is 82.2 Å². The van der Waals surface area contributed by atoms with E-state index in [1.165, 1.54) is 5.39 Å². The molecule has 0 aliphatic rings. The van der Waals surface area contributed by atoms with E-state index in [1.54, 1.807) is 10.6 Å². The van der Waals surface area contributed by atoms with E-state index in [9.17, 15) is 0 Å². The van der Waals surface area contributed by atoms with Crippen molar-refractivity contribution < 1.29 is 0 Å². The minimum Gasteiger partial charge on any atom is -0.396 e. The molecule has 0 amide bonds. The summed E-state index contributed by atoms with van der Waals surface area (Å²) in [4.78, 5) is 4.59. The van der Waals surface area contributed by atoms with Crippen LogP contribution in [0.5, 0.6) is 0 Å². The van der Waals surface area contributed by atoms with E-state index >= 15 is 0 Å². The summed E-state index contributed by atoms with van der Waals surface area (Å²) in [5, 5.41) is 6.54. The standard InChI is InChI=1S/C16H13N5/c17-13-8-15(18)20-21-9-14(19-16(13)21)12-7-3-5-10-4-1-2-6-11(10)12/h1-9H,17H2,(H2,18,20). The molecule has 0 saturated heterocycles. The molecular weight excluding hydrogens is 262 g/mol. The summed E-state index contributed by atoms with van der Waals surface area (Å²) in [6, 6.07) is 16.0. The quantitative estimate of drug-likeness (QED) is 0.559. The molecule has 0 spiro atoms. The van der Waals surface area contributed by atoms with Crippen molar-refractivity contribution >= 4 is 27.9 Å². The fraction of sp³-hybridized carbons (Fsp3) is 0. The van der Waals surface area contributed by atoms with Gasteiger partial charge in [-0.1, -0.05) is 42.5 Å². The molecule has 0 aliphatic carbocycles. The highest BCUT2D eigenvalue weighted by molar-refractivity contribution is 5.96. The second-order valence-electron chi connectivity index (χ2n) is 4.95. The Morgan fingerprint density at radius 3 is 2.67 bits per heavy atom. The van der Waals surface area contributed by atoms with Crippen LogP contribution in [-0.2, 0) is 0 Å². The zero-order valence-corrected chi connectivity index (χ0v) is 11.2. The third-order valence-electron chi connectivity index (χ3n) is 3.54. The van der Waals surface area contributed by atoms with Gasteiger partial charge in [-0.3, -0.25) is 0 Å². The zero-order valence-electron chi connectivity index (χ0n) is 11.2. The summed E-state index contributed by atoms with van der Waals surface area (Å²) in [5.74, 6) is 0.377. The molecule has 0 saturated carbocycles. The highest BCUT2D eigenvalue weighted by Crippen LogP contribution is 2.29. The Bertz CT molecular complexity index is 966. The van der Waals surface area contributed by atoms with Gasteiger partial charge in [0.15, 0.2) is 5.65 Å². The second-order valence-corrected chi connectivity index (χ2v) is 4.95. The first-order valence-corrected chi connectivity index (χ1v) is 6.62. The number of aromatic nitrogens is 3. The number of fused-ring (bicyclic) bond motifs is 2. The molecule has 0 radical (unpaired) electrons. The van der Waals surface area contributed by atoms with Crippen molar-refractivity contribution in [3.8, 4) is 11.3 Å². The van der Waals surface area contributed by atoms with Crippen molar-refractivity contribution in [2.24, 2.45) is 0 Å². The summed E-state index contributed by atoms with van der Waals surface area (Å²) in [6.07, 6.45) is 1.85. The lowest BCUT2D eigenvalue weighted by Gasteiger charge is -2.02. The van der Waals surface area contributed by atoms with E-state index in [0.717, 1.165) is 16.6 Å². The predicted octanol–water partition coefficient (Wildman–Crippen LogP) is 2.71. The summed E-state index contributed by atoms with van der Waals surface area (Å²) in [6.45, 7) is 0. The Kier molecular flexibility index (Phi) is 2.35. The minimum absolute atomic E-state index is 0.377. The number of imidazole rings is 1. The Morgan fingerprint density at radius 1 is 0.952 bits per heavy atom. The molecule has 4 rings (SSSR count). The van der Waals surface area contributed by atoms with Crippen LogP contribution in [0.25, 0.3) is 27.7 Å². The molecule has 4 aromatic rings. The van der Waals surface area contributed by atoms with Crippen LogP contribution in [-0.4, -0.2) is 14.6 Å². The first-order chi connectivity index (χ1) is 10.2. The van der Waals surface area contributed by atoms with Crippen LogP contribution in [0.1, 0.15) is 0 Å². The maximum absolute atomic E-state index is 5.96. The van der Waals surface area contributed by atoms with Crippen molar-refractivity contribution in [1.29, 1.82) is 0 Å². The van der Waals surface area contributed by atoms with Gasteiger partial charge in [-0.2, -0.15) is 0 Å². The van der Waals surface area contributed by atoms with E-state index in [0.29, 0.717) is 17.2 Å². The fourth-order valence-electron chi connectivity index (χ4n) is 2.60. The molecular formula is C16H13N5. The van der Waals surface area contributed by atoms with Crippen molar-refractivity contribution in [2.45, 2.75) is 0 Å². The predicted molar refractivity (Wildman–Crippen MR) is 84.8 cm³/mol. The van der Waals surface area contributed by atoms with Crippen LogP contribution in [0.2, 0.25) is 0 Å². The largest absolute Gasteiger partial charge is 0.396 e. The fourth-order valence-corrected chi connectivity index (χ4v) is 2.60. The Hall–Kier alpha value is -3.08. The molecule has 0 unspecified atom stereocenters. The lowest BCUT2D eigenvalue weighted by molar-refractivity contribution is 0.948. The van der Waals surface area contributed by atoms with Crippen LogP contribution in [0.15, 0.2) is 54.7 Å². The third kappa shape index (κ3) is 1.79. The lowest BCUT2D eigenvalue weighted by atomic mass is 10.0. The van der Waals surface area contributed by atoms with Crippen molar-refractivity contribution in [3.05, 3.63) is 54.7 Å². The Morgan fingerprint density at radius 2 is 1.76 bits per heavy atom. The summed E-state index contributed by atoms with van der Waals surface area (Å²) >= 11 is 0. The van der Waals surface area contributed by atoms with Gasteiger partial charge in [0, 0.05) is 11.6 Å². The number of nitrogens with zero attached hydrogens (tertiary/aromatic N) is 3. The van der Waals surface area contributed by atoms with Gasteiger partial charge < -0.3 is 11.5 Å². The molecule has 0 aliphatic heterocycles. The molecule has 2 aromatic carbocycles. The van der Waals surface area contributed by atoms with Gasteiger partial charge in [0.2, 0.25) is 0 Å². The van der Waals surface area contributed by atoms with Gasteiger partial charge in [-0.05, 0) is 10.8 Å². The van der Waals surface area contributed by atoms with Crippen LogP contribution in [0.3, 0.4) is 0 Å². The molecule has 21 heavy (non-hydrogen) atoms. The first-order valence-electron chi connectivity index (χ1n) is 6.62. The van der Waals surface area contributed by atoms with Crippen LogP contribution in [0.4, 0.5) is 11.5 Å². The monoisotopic (exact) mass is 275 g/mol. The SMILES string of the molecule is Nc1cc(N)c2nc(-c3cccc4ccccc34)cn2n1. The zero-order chi connectivity index (χ0) is 14.4. The average molecular weight is 275 g/mol. The van der Waals surface area contributed by atoms with Gasteiger partial charge in [0.05, 0.1) is 17.6 Å². The van der Waals surface area contributed by atoms with Gasteiger partial charge in [-0.15, -0.1) is 5.10 Å². The highest BCUT2D eigenvalue weighted by atomic mass is 15.3. The summed E-state index contributed by atoms with van der Waals surface area (Å²) in [7, 11) is 0. The van der Waals surface area contributed by atoms with Crippen molar-refractivity contribution in [1.82, 2.24) is 14.6 Å². The van der Waals surface area contributed by atoms with Crippen LogP contribution < -0.4 is 11.5 Å². The van der Waals surface area contributed by atoms with E-state index in [-0.39, 0.29) is 0 Å². The lowest BCUT2D eigenvalue weighted by Crippen LogP contribution is -2.00. The first kappa shape index (κ1) is 11.7. The molecule has 5 heteroatoms. The number of rotatable bonds is 1. The van der Waals surface area contributed by atoms with Crippen molar-refractivity contribution in [2.75, 3.05) is 11.5 Å². The number of anilines is 2. The maximum Gasteiger partial charge on any atom is 0.177 e. The molecule has 0 fully saturated rings. The normalized spacial score (nSPS) is 11.2. The number of nitrogen functional groups attached to an aromatic ring is 2. The van der Waals surface area contributed by atoms with Crippen molar-refractivity contribution in [3.63, 3.8) is 0 Å².